The fourth-order valence-corrected chi connectivity index (χ4v) is 4.03. The molecule has 1 aliphatic heterocycles. The second kappa shape index (κ2) is 9.56. The van der Waals surface area contributed by atoms with Crippen molar-refractivity contribution in [1.29, 1.82) is 0 Å². The Morgan fingerprint density at radius 1 is 1.17 bits per heavy atom. The molecule has 156 valence electrons. The van der Waals surface area contributed by atoms with Gasteiger partial charge in [-0.25, -0.2) is 0 Å². The number of halogens is 1. The molecule has 4 rings (SSSR count). The summed E-state index contributed by atoms with van der Waals surface area (Å²) in [4.78, 5) is 20.2. The number of fused-ring (bicyclic) bond motifs is 1. The van der Waals surface area contributed by atoms with Crippen molar-refractivity contribution in [2.24, 2.45) is 0 Å². The van der Waals surface area contributed by atoms with Crippen LogP contribution in [0.1, 0.15) is 34.1 Å². The monoisotopic (exact) mass is 423 g/mol. The molecule has 6 heteroatoms. The Morgan fingerprint density at radius 3 is 2.70 bits per heavy atom. The molecule has 0 radical (unpaired) electrons. The predicted molar refractivity (Wildman–Crippen MR) is 120 cm³/mol. The molecular weight excluding hydrogens is 398 g/mol. The molecule has 0 aliphatic carbocycles. The van der Waals surface area contributed by atoms with Crippen molar-refractivity contribution >= 4 is 28.4 Å². The van der Waals surface area contributed by atoms with E-state index in [4.69, 9.17) is 16.3 Å². The molecule has 2 aromatic carbocycles. The lowest BCUT2D eigenvalue weighted by Gasteiger charge is -2.29. The summed E-state index contributed by atoms with van der Waals surface area (Å²) in [6.07, 6.45) is 0.835. The molecule has 1 aromatic heterocycles. The quantitative estimate of drug-likeness (QED) is 0.638. The molecule has 0 spiro atoms. The summed E-state index contributed by atoms with van der Waals surface area (Å²) >= 11 is 6.13. The predicted octanol–water partition coefficient (Wildman–Crippen LogP) is 4.39. The van der Waals surface area contributed by atoms with Crippen LogP contribution < -0.4 is 5.32 Å². The van der Waals surface area contributed by atoms with Crippen molar-refractivity contribution < 1.29 is 9.53 Å². The molecule has 0 saturated carbocycles. The zero-order chi connectivity index (χ0) is 20.9. The average Bonchev–Trinajstić information content (AvgIpc) is 2.77. The van der Waals surface area contributed by atoms with Crippen molar-refractivity contribution in [3.63, 3.8) is 0 Å². The molecule has 1 atom stereocenters. The van der Waals surface area contributed by atoms with E-state index in [1.165, 1.54) is 0 Å². The molecule has 1 saturated heterocycles. The largest absolute Gasteiger partial charge is 0.379 e. The molecule has 2 heterocycles. The van der Waals surface area contributed by atoms with Gasteiger partial charge in [-0.3, -0.25) is 14.7 Å². The van der Waals surface area contributed by atoms with Gasteiger partial charge in [0, 0.05) is 30.0 Å². The maximum absolute atomic E-state index is 13.2. The number of morpholine rings is 1. The summed E-state index contributed by atoms with van der Waals surface area (Å²) in [6.45, 7) is 6.19. The van der Waals surface area contributed by atoms with E-state index in [0.717, 1.165) is 55.7 Å². The number of carbonyl (C=O) groups excluding carboxylic acids is 1. The van der Waals surface area contributed by atoms with Gasteiger partial charge in [0.2, 0.25) is 0 Å². The van der Waals surface area contributed by atoms with Crippen LogP contribution in [-0.4, -0.2) is 48.6 Å². The highest BCUT2D eigenvalue weighted by atomic mass is 35.5. The van der Waals surface area contributed by atoms with Gasteiger partial charge < -0.3 is 10.1 Å². The number of benzene rings is 2. The number of aromatic nitrogens is 1. The van der Waals surface area contributed by atoms with Crippen LogP contribution in [0.2, 0.25) is 5.02 Å². The lowest BCUT2D eigenvalue weighted by Crippen LogP contribution is -2.39. The molecule has 1 aliphatic rings. The normalized spacial score (nSPS) is 15.8. The molecule has 1 amide bonds. The third-order valence-electron chi connectivity index (χ3n) is 5.56. The van der Waals surface area contributed by atoms with E-state index in [0.29, 0.717) is 16.3 Å². The minimum absolute atomic E-state index is 0.0731. The molecule has 30 heavy (non-hydrogen) atoms. The van der Waals surface area contributed by atoms with Crippen LogP contribution >= 0.6 is 11.6 Å². The van der Waals surface area contributed by atoms with Crippen molar-refractivity contribution in [3.8, 4) is 0 Å². The van der Waals surface area contributed by atoms with Gasteiger partial charge >= 0.3 is 0 Å². The van der Waals surface area contributed by atoms with Crippen LogP contribution in [0.4, 0.5) is 0 Å². The number of hydrogen-bond acceptors (Lipinski definition) is 4. The summed E-state index contributed by atoms with van der Waals surface area (Å²) in [6, 6.07) is 17.5. The second-order valence-electron chi connectivity index (χ2n) is 7.64. The van der Waals surface area contributed by atoms with Gasteiger partial charge in [-0.2, -0.15) is 0 Å². The van der Waals surface area contributed by atoms with Gasteiger partial charge in [0.25, 0.3) is 5.91 Å². The van der Waals surface area contributed by atoms with Crippen molar-refractivity contribution in [2.75, 3.05) is 32.8 Å². The summed E-state index contributed by atoms with van der Waals surface area (Å²) in [5.41, 5.74) is 3.23. The van der Waals surface area contributed by atoms with E-state index in [1.54, 1.807) is 0 Å². The number of hydrogen-bond donors (Lipinski definition) is 1. The number of amides is 1. The Morgan fingerprint density at radius 2 is 1.93 bits per heavy atom. The zero-order valence-electron chi connectivity index (χ0n) is 17.1. The molecule has 5 nitrogen and oxygen atoms in total. The minimum Gasteiger partial charge on any atom is -0.379 e. The number of rotatable bonds is 6. The zero-order valence-corrected chi connectivity index (χ0v) is 17.9. The fourth-order valence-electron chi connectivity index (χ4n) is 3.85. The number of pyridine rings is 1. The number of aryl methyl sites for hydroxylation is 1. The molecule has 3 aromatic rings. The highest BCUT2D eigenvalue weighted by Gasteiger charge is 2.20. The molecular formula is C24H26ClN3O2. The molecule has 1 fully saturated rings. The van der Waals surface area contributed by atoms with E-state index in [9.17, 15) is 4.79 Å². The first-order valence-corrected chi connectivity index (χ1v) is 10.7. The topological polar surface area (TPSA) is 54.5 Å². The van der Waals surface area contributed by atoms with Crippen LogP contribution in [0.5, 0.6) is 0 Å². The Labute approximate surface area is 182 Å². The van der Waals surface area contributed by atoms with Crippen molar-refractivity contribution in [2.45, 2.75) is 19.4 Å². The van der Waals surface area contributed by atoms with Crippen molar-refractivity contribution in [1.82, 2.24) is 15.2 Å². The van der Waals surface area contributed by atoms with Gasteiger partial charge in [0.05, 0.1) is 36.0 Å². The van der Waals surface area contributed by atoms with Gasteiger partial charge in [0.15, 0.2) is 0 Å². The first kappa shape index (κ1) is 20.8. The Bertz CT molecular complexity index is 1020. The lowest BCUT2D eigenvalue weighted by atomic mass is 10.0. The SMILES string of the molecule is Cc1nc2ccc(Cl)cc2cc1C(=O)N[C@@H](CCN1CCOCC1)c1ccccc1. The summed E-state index contributed by atoms with van der Waals surface area (Å²) in [7, 11) is 0. The standard InChI is InChI=1S/C24H26ClN3O2/c1-17-21(16-19-15-20(25)7-8-22(19)26-17)24(29)27-23(18-5-3-2-4-6-18)9-10-28-11-13-30-14-12-28/h2-8,15-16,23H,9-14H2,1H3,(H,27,29)/t23-/m0/s1. The van der Waals surface area contributed by atoms with Gasteiger partial charge in [-0.1, -0.05) is 41.9 Å². The molecule has 1 N–H and O–H groups in total. The first-order valence-electron chi connectivity index (χ1n) is 10.3. The second-order valence-corrected chi connectivity index (χ2v) is 8.07. The van der Waals surface area contributed by atoms with Gasteiger partial charge in [-0.05, 0) is 43.2 Å². The maximum atomic E-state index is 13.2. The van der Waals surface area contributed by atoms with Crippen LogP contribution in [0.3, 0.4) is 0 Å². The van der Waals surface area contributed by atoms with E-state index >= 15 is 0 Å². The van der Waals surface area contributed by atoms with E-state index in [1.807, 2.05) is 49.4 Å². The number of ether oxygens (including phenoxy) is 1. The first-order chi connectivity index (χ1) is 14.6. The third kappa shape index (κ3) is 4.98. The van der Waals surface area contributed by atoms with Gasteiger partial charge in [0.1, 0.15) is 0 Å². The van der Waals surface area contributed by atoms with Crippen LogP contribution in [0.15, 0.2) is 54.6 Å². The molecule has 0 unspecified atom stereocenters. The summed E-state index contributed by atoms with van der Waals surface area (Å²) in [5.74, 6) is -0.113. The fraction of sp³-hybridized carbons (Fsp3) is 0.333. The number of nitrogens with one attached hydrogen (secondary N) is 1. The van der Waals surface area contributed by atoms with E-state index in [2.05, 4.69) is 27.3 Å². The van der Waals surface area contributed by atoms with Gasteiger partial charge in [-0.15, -0.1) is 0 Å². The van der Waals surface area contributed by atoms with E-state index in [-0.39, 0.29) is 11.9 Å². The number of carbonyl (C=O) groups is 1. The van der Waals surface area contributed by atoms with Crippen LogP contribution in [-0.2, 0) is 4.74 Å². The number of nitrogens with zero attached hydrogens (tertiary/aromatic N) is 2. The summed E-state index contributed by atoms with van der Waals surface area (Å²) < 4.78 is 5.44. The van der Waals surface area contributed by atoms with E-state index < -0.39 is 0 Å². The maximum Gasteiger partial charge on any atom is 0.253 e. The highest BCUT2D eigenvalue weighted by molar-refractivity contribution is 6.31. The molecule has 0 bridgehead atoms. The highest BCUT2D eigenvalue weighted by Crippen LogP contribution is 2.23. The van der Waals surface area contributed by atoms with Crippen LogP contribution in [0.25, 0.3) is 10.9 Å². The van der Waals surface area contributed by atoms with Crippen LogP contribution in [0, 0.1) is 6.92 Å². The lowest BCUT2D eigenvalue weighted by molar-refractivity contribution is 0.0360. The minimum atomic E-state index is -0.113. The third-order valence-corrected chi connectivity index (χ3v) is 5.79. The van der Waals surface area contributed by atoms with Crippen molar-refractivity contribution in [3.05, 3.63) is 76.4 Å². The average molecular weight is 424 g/mol. The Kier molecular flexibility index (Phi) is 6.62. The Hall–Kier alpha value is -2.47. The Balaban J connectivity index is 1.55. The summed E-state index contributed by atoms with van der Waals surface area (Å²) in [5, 5.41) is 4.73. The smallest absolute Gasteiger partial charge is 0.253 e.